The van der Waals surface area contributed by atoms with Gasteiger partial charge in [0.1, 0.15) is 5.69 Å². The number of amides is 3. The van der Waals surface area contributed by atoms with Crippen molar-refractivity contribution in [2.24, 2.45) is 0 Å². The Hall–Kier alpha value is -3.22. The summed E-state index contributed by atoms with van der Waals surface area (Å²) in [4.78, 5) is 44.4. The van der Waals surface area contributed by atoms with Gasteiger partial charge in [-0.05, 0) is 37.1 Å². The van der Waals surface area contributed by atoms with Gasteiger partial charge in [-0.25, -0.2) is 0 Å². The summed E-state index contributed by atoms with van der Waals surface area (Å²) in [5.74, 6) is -0.504. The minimum Gasteiger partial charge on any atom is -0.339 e. The van der Waals surface area contributed by atoms with Crippen molar-refractivity contribution in [2.45, 2.75) is 20.8 Å². The predicted octanol–water partition coefficient (Wildman–Crippen LogP) is 2.26. The Morgan fingerprint density at radius 3 is 2.18 bits per heavy atom. The topological polar surface area (TPSA) is 82.6 Å². The maximum Gasteiger partial charge on any atom is 0.272 e. The summed E-state index contributed by atoms with van der Waals surface area (Å²) >= 11 is 0. The number of hydrogen-bond acceptors (Lipinski definition) is 4. The molecule has 1 saturated heterocycles. The van der Waals surface area contributed by atoms with E-state index in [1.807, 2.05) is 32.0 Å². The number of aryl methyl sites for hydroxylation is 2. The third kappa shape index (κ3) is 4.19. The van der Waals surface area contributed by atoms with Gasteiger partial charge in [-0.2, -0.15) is 0 Å². The molecule has 3 amide bonds. The van der Waals surface area contributed by atoms with E-state index in [1.54, 1.807) is 15.9 Å². The molecule has 0 spiro atoms. The summed E-state index contributed by atoms with van der Waals surface area (Å²) in [6.07, 6.45) is 1.47. The van der Waals surface area contributed by atoms with Crippen LogP contribution in [-0.4, -0.2) is 58.7 Å². The lowest BCUT2D eigenvalue weighted by molar-refractivity contribution is -0.130. The number of nitrogens with zero attached hydrogens (tertiary/aromatic N) is 3. The number of nitrogens with one attached hydrogen (secondary N) is 1. The van der Waals surface area contributed by atoms with Gasteiger partial charge >= 0.3 is 0 Å². The van der Waals surface area contributed by atoms with Gasteiger partial charge < -0.3 is 15.1 Å². The lowest BCUT2D eigenvalue weighted by Gasteiger charge is -2.34. The maximum absolute atomic E-state index is 12.7. The SMILES string of the molecule is CC(=O)N1CCN(C(=O)c2cc(C(=O)Nc3c(C)cccc3C)ccn2)CC1. The molecule has 1 aliphatic heterocycles. The van der Waals surface area contributed by atoms with Gasteiger partial charge in [0.15, 0.2) is 0 Å². The van der Waals surface area contributed by atoms with Crippen LogP contribution in [0.2, 0.25) is 0 Å². The molecule has 0 radical (unpaired) electrons. The van der Waals surface area contributed by atoms with E-state index in [-0.39, 0.29) is 23.4 Å². The lowest BCUT2D eigenvalue weighted by atomic mass is 10.1. The third-order valence-electron chi connectivity index (χ3n) is 4.97. The molecule has 7 nitrogen and oxygen atoms in total. The standard InChI is InChI=1S/C21H24N4O3/c1-14-5-4-6-15(2)19(14)23-20(27)17-7-8-22-18(13-17)21(28)25-11-9-24(10-12-25)16(3)26/h4-8,13H,9-12H2,1-3H3,(H,23,27). The molecule has 1 aromatic carbocycles. The van der Waals surface area contributed by atoms with Crippen LogP contribution in [0, 0.1) is 13.8 Å². The number of benzene rings is 1. The average molecular weight is 380 g/mol. The van der Waals surface area contributed by atoms with E-state index >= 15 is 0 Å². The highest BCUT2D eigenvalue weighted by Crippen LogP contribution is 2.20. The van der Waals surface area contributed by atoms with Crippen molar-refractivity contribution < 1.29 is 14.4 Å². The molecule has 7 heteroatoms. The molecular formula is C21H24N4O3. The second-order valence-electron chi connectivity index (χ2n) is 6.95. The zero-order valence-electron chi connectivity index (χ0n) is 16.4. The van der Waals surface area contributed by atoms with Crippen LogP contribution in [0.1, 0.15) is 38.9 Å². The Bertz CT molecular complexity index is 897. The Morgan fingerprint density at radius 2 is 1.57 bits per heavy atom. The summed E-state index contributed by atoms with van der Waals surface area (Å²) in [6.45, 7) is 7.33. The van der Waals surface area contributed by atoms with Crippen LogP contribution in [0.3, 0.4) is 0 Å². The molecule has 28 heavy (non-hydrogen) atoms. The molecule has 1 fully saturated rings. The largest absolute Gasteiger partial charge is 0.339 e. The number of rotatable bonds is 3. The van der Waals surface area contributed by atoms with Gasteiger partial charge in [0.25, 0.3) is 11.8 Å². The second-order valence-corrected chi connectivity index (χ2v) is 6.95. The van der Waals surface area contributed by atoms with Crippen LogP contribution in [-0.2, 0) is 4.79 Å². The monoisotopic (exact) mass is 380 g/mol. The lowest BCUT2D eigenvalue weighted by Crippen LogP contribution is -2.50. The number of anilines is 1. The van der Waals surface area contributed by atoms with E-state index in [2.05, 4.69) is 10.3 Å². The van der Waals surface area contributed by atoms with Crippen LogP contribution in [0.4, 0.5) is 5.69 Å². The zero-order chi connectivity index (χ0) is 20.3. The van der Waals surface area contributed by atoms with Crippen LogP contribution in [0.15, 0.2) is 36.5 Å². The average Bonchev–Trinajstić information content (AvgIpc) is 2.70. The molecule has 2 aromatic rings. The van der Waals surface area contributed by atoms with Crippen molar-refractivity contribution in [3.63, 3.8) is 0 Å². The van der Waals surface area contributed by atoms with Crippen molar-refractivity contribution >= 4 is 23.4 Å². The molecule has 146 valence electrons. The van der Waals surface area contributed by atoms with E-state index < -0.39 is 0 Å². The number of aromatic nitrogens is 1. The van der Waals surface area contributed by atoms with Crippen molar-refractivity contribution in [1.29, 1.82) is 0 Å². The number of hydrogen-bond donors (Lipinski definition) is 1. The van der Waals surface area contributed by atoms with Crippen molar-refractivity contribution in [2.75, 3.05) is 31.5 Å². The molecule has 1 aromatic heterocycles. The van der Waals surface area contributed by atoms with Crippen LogP contribution in [0.25, 0.3) is 0 Å². The molecule has 0 aliphatic carbocycles. The summed E-state index contributed by atoms with van der Waals surface area (Å²) in [7, 11) is 0. The van der Waals surface area contributed by atoms with E-state index in [4.69, 9.17) is 0 Å². The number of piperazine rings is 1. The Morgan fingerprint density at radius 1 is 0.964 bits per heavy atom. The molecule has 0 bridgehead atoms. The first-order chi connectivity index (χ1) is 13.4. The molecular weight excluding hydrogens is 356 g/mol. The van der Waals surface area contributed by atoms with Crippen molar-refractivity contribution in [3.8, 4) is 0 Å². The normalized spacial score (nSPS) is 14.0. The molecule has 0 atom stereocenters. The first kappa shape index (κ1) is 19.5. The minimum atomic E-state index is -0.282. The van der Waals surface area contributed by atoms with Gasteiger partial charge in [-0.1, -0.05) is 18.2 Å². The highest BCUT2D eigenvalue weighted by atomic mass is 16.2. The van der Waals surface area contributed by atoms with Crippen LogP contribution in [0.5, 0.6) is 0 Å². The smallest absolute Gasteiger partial charge is 0.272 e. The summed E-state index contributed by atoms with van der Waals surface area (Å²) < 4.78 is 0. The fraction of sp³-hybridized carbons (Fsp3) is 0.333. The number of para-hydroxylation sites is 1. The van der Waals surface area contributed by atoms with E-state index in [0.29, 0.717) is 31.7 Å². The summed E-state index contributed by atoms with van der Waals surface area (Å²) in [5, 5.41) is 2.92. The van der Waals surface area contributed by atoms with E-state index in [9.17, 15) is 14.4 Å². The van der Waals surface area contributed by atoms with E-state index in [0.717, 1.165) is 16.8 Å². The van der Waals surface area contributed by atoms with Gasteiger partial charge in [0.2, 0.25) is 5.91 Å². The van der Waals surface area contributed by atoms with Crippen LogP contribution < -0.4 is 5.32 Å². The highest BCUT2D eigenvalue weighted by Gasteiger charge is 2.24. The van der Waals surface area contributed by atoms with E-state index in [1.165, 1.54) is 19.2 Å². The summed E-state index contributed by atoms with van der Waals surface area (Å²) in [5.41, 5.74) is 3.33. The molecule has 2 heterocycles. The maximum atomic E-state index is 12.7. The molecule has 1 N–H and O–H groups in total. The Labute approximate surface area is 164 Å². The van der Waals surface area contributed by atoms with Gasteiger partial charge in [-0.3, -0.25) is 19.4 Å². The predicted molar refractivity (Wildman–Crippen MR) is 106 cm³/mol. The molecule has 0 saturated carbocycles. The summed E-state index contributed by atoms with van der Waals surface area (Å²) in [6, 6.07) is 8.92. The van der Waals surface area contributed by atoms with Gasteiger partial charge in [0, 0.05) is 50.6 Å². The fourth-order valence-electron chi connectivity index (χ4n) is 3.27. The van der Waals surface area contributed by atoms with Gasteiger partial charge in [-0.15, -0.1) is 0 Å². The molecule has 3 rings (SSSR count). The highest BCUT2D eigenvalue weighted by molar-refractivity contribution is 6.06. The quantitative estimate of drug-likeness (QED) is 0.885. The zero-order valence-corrected chi connectivity index (χ0v) is 16.4. The Kier molecular flexibility index (Phi) is 5.73. The number of carbonyl (C=O) groups is 3. The van der Waals surface area contributed by atoms with Gasteiger partial charge in [0.05, 0.1) is 0 Å². The van der Waals surface area contributed by atoms with Crippen molar-refractivity contribution in [3.05, 3.63) is 58.9 Å². The van der Waals surface area contributed by atoms with Crippen molar-refractivity contribution in [1.82, 2.24) is 14.8 Å². The fourth-order valence-corrected chi connectivity index (χ4v) is 3.27. The first-order valence-electron chi connectivity index (χ1n) is 9.25. The third-order valence-corrected chi connectivity index (χ3v) is 4.97. The van der Waals surface area contributed by atoms with Crippen LogP contribution >= 0.6 is 0 Å². The second kappa shape index (κ2) is 8.21. The minimum absolute atomic E-state index is 0.00962. The number of pyridine rings is 1. The first-order valence-corrected chi connectivity index (χ1v) is 9.25. The Balaban J connectivity index is 1.72. The molecule has 1 aliphatic rings. The number of carbonyl (C=O) groups excluding carboxylic acids is 3. The molecule has 0 unspecified atom stereocenters.